The van der Waals surface area contributed by atoms with Crippen LogP contribution in [0.15, 0.2) is 17.1 Å². The van der Waals surface area contributed by atoms with Crippen LogP contribution in [0.5, 0.6) is 0 Å². The second-order valence-electron chi connectivity index (χ2n) is 4.48. The molecule has 1 aliphatic rings. The van der Waals surface area contributed by atoms with Gasteiger partial charge in [0.25, 0.3) is 5.56 Å². The Kier molecular flexibility index (Phi) is 5.21. The minimum absolute atomic E-state index is 0.0135. The number of carbonyl (C=O) groups is 1. The largest absolute Gasteiger partial charge is 0.324 e. The second kappa shape index (κ2) is 6.74. The smallest absolute Gasteiger partial charge is 0.286 e. The minimum atomic E-state index is -1.33. The molecule has 3 unspecified atom stereocenters. The van der Waals surface area contributed by atoms with E-state index in [1.165, 1.54) is 0 Å². The molecule has 1 aromatic heterocycles. The van der Waals surface area contributed by atoms with Crippen LogP contribution in [0.2, 0.25) is 0 Å². The van der Waals surface area contributed by atoms with E-state index in [-0.39, 0.29) is 18.7 Å². The van der Waals surface area contributed by atoms with Crippen molar-refractivity contribution in [1.29, 1.82) is 0 Å². The van der Waals surface area contributed by atoms with Gasteiger partial charge in [-0.3, -0.25) is 9.59 Å². The van der Waals surface area contributed by atoms with Gasteiger partial charge in [0.1, 0.15) is 6.67 Å². The van der Waals surface area contributed by atoms with E-state index in [4.69, 9.17) is 11.6 Å². The first-order valence-electron chi connectivity index (χ1n) is 6.12. The third kappa shape index (κ3) is 3.74. The fourth-order valence-corrected chi connectivity index (χ4v) is 3.48. The summed E-state index contributed by atoms with van der Waals surface area (Å²) in [6.45, 7) is -1.15. The van der Waals surface area contributed by atoms with Crippen molar-refractivity contribution >= 4 is 35.0 Å². The third-order valence-corrected chi connectivity index (χ3v) is 4.82. The lowest BCUT2D eigenvalue weighted by atomic mass is 10.2. The van der Waals surface area contributed by atoms with Gasteiger partial charge < -0.3 is 9.88 Å². The number of hydrogen-bond donors (Lipinski definition) is 1. The van der Waals surface area contributed by atoms with E-state index >= 15 is 0 Å². The molecule has 0 radical (unpaired) electrons. The first kappa shape index (κ1) is 16.2. The molecule has 0 saturated carbocycles. The van der Waals surface area contributed by atoms with Gasteiger partial charge in [-0.2, -0.15) is 0 Å². The van der Waals surface area contributed by atoms with Crippen LogP contribution in [-0.4, -0.2) is 33.3 Å². The standard InChI is InChI=1S/C12H12ClF3N2O2S/c13-7-4-9(21-10(7)16)11(19)17-6-3-8(15)12(20)18(5-6)2-1-14/h3,5,7,9-10H,1-2,4H2,(H,17,19). The van der Waals surface area contributed by atoms with E-state index in [9.17, 15) is 22.8 Å². The molecule has 0 spiro atoms. The number of pyridine rings is 1. The zero-order chi connectivity index (χ0) is 15.6. The van der Waals surface area contributed by atoms with Gasteiger partial charge in [0.05, 0.1) is 22.9 Å². The summed E-state index contributed by atoms with van der Waals surface area (Å²) in [4.78, 5) is 23.3. The zero-order valence-electron chi connectivity index (χ0n) is 10.7. The van der Waals surface area contributed by atoms with E-state index in [1.807, 2.05) is 0 Å². The Morgan fingerprint density at radius 3 is 2.86 bits per heavy atom. The number of nitrogens with one attached hydrogen (secondary N) is 1. The van der Waals surface area contributed by atoms with E-state index in [0.29, 0.717) is 0 Å². The monoisotopic (exact) mass is 340 g/mol. The maximum Gasteiger partial charge on any atom is 0.286 e. The summed E-state index contributed by atoms with van der Waals surface area (Å²) in [6.07, 6.45) is 1.31. The van der Waals surface area contributed by atoms with Crippen molar-refractivity contribution in [2.24, 2.45) is 0 Å². The van der Waals surface area contributed by atoms with Crippen molar-refractivity contribution in [1.82, 2.24) is 4.57 Å². The van der Waals surface area contributed by atoms with Crippen molar-refractivity contribution in [3.05, 3.63) is 28.4 Å². The van der Waals surface area contributed by atoms with Crippen molar-refractivity contribution in [2.45, 2.75) is 29.1 Å². The van der Waals surface area contributed by atoms with Gasteiger partial charge in [-0.15, -0.1) is 23.4 Å². The summed E-state index contributed by atoms with van der Waals surface area (Å²) in [6, 6.07) is 0.847. The third-order valence-electron chi connectivity index (χ3n) is 2.95. The van der Waals surface area contributed by atoms with Gasteiger partial charge in [0.2, 0.25) is 5.91 Å². The molecule has 2 rings (SSSR count). The average molecular weight is 341 g/mol. The van der Waals surface area contributed by atoms with Crippen LogP contribution in [-0.2, 0) is 11.3 Å². The molecular formula is C12H12ClF3N2O2S. The predicted octanol–water partition coefficient (Wildman–Crippen LogP) is 2.30. The minimum Gasteiger partial charge on any atom is -0.324 e. The average Bonchev–Trinajstić information content (AvgIpc) is 2.76. The normalized spacial score (nSPS) is 25.0. The van der Waals surface area contributed by atoms with Crippen LogP contribution in [0.25, 0.3) is 0 Å². The number of amides is 1. The Hall–Kier alpha value is -1.15. The van der Waals surface area contributed by atoms with Crippen molar-refractivity contribution in [2.75, 3.05) is 12.0 Å². The van der Waals surface area contributed by atoms with E-state index in [0.717, 1.165) is 28.6 Å². The van der Waals surface area contributed by atoms with Crippen LogP contribution in [0.3, 0.4) is 0 Å². The number of anilines is 1. The summed E-state index contributed by atoms with van der Waals surface area (Å²) in [5.74, 6) is -1.63. The number of nitrogens with zero attached hydrogens (tertiary/aromatic N) is 1. The number of aromatic nitrogens is 1. The maximum absolute atomic E-state index is 13.4. The quantitative estimate of drug-likeness (QED) is 0.856. The molecule has 1 amide bonds. The molecule has 2 heterocycles. The fraction of sp³-hybridized carbons (Fsp3) is 0.500. The zero-order valence-corrected chi connectivity index (χ0v) is 12.3. The van der Waals surface area contributed by atoms with E-state index in [1.54, 1.807) is 0 Å². The Balaban J connectivity index is 2.12. The molecule has 21 heavy (non-hydrogen) atoms. The lowest BCUT2D eigenvalue weighted by molar-refractivity contribution is -0.115. The molecule has 3 atom stereocenters. The number of carbonyl (C=O) groups excluding carboxylic acids is 1. The first-order valence-corrected chi connectivity index (χ1v) is 7.50. The van der Waals surface area contributed by atoms with Gasteiger partial charge >= 0.3 is 0 Å². The lowest BCUT2D eigenvalue weighted by Crippen LogP contribution is -2.27. The van der Waals surface area contributed by atoms with E-state index in [2.05, 4.69) is 5.32 Å². The second-order valence-corrected chi connectivity index (χ2v) is 6.33. The molecule has 0 aliphatic carbocycles. The number of alkyl halides is 3. The number of hydrogen-bond acceptors (Lipinski definition) is 3. The fourth-order valence-electron chi connectivity index (χ4n) is 1.93. The molecule has 116 valence electrons. The van der Waals surface area contributed by atoms with Gasteiger partial charge in [-0.1, -0.05) is 0 Å². The number of aryl methyl sites for hydroxylation is 1. The van der Waals surface area contributed by atoms with Crippen LogP contribution in [0.1, 0.15) is 6.42 Å². The van der Waals surface area contributed by atoms with Gasteiger partial charge in [-0.25, -0.2) is 13.2 Å². The Bertz CT molecular complexity index is 588. The number of halogens is 4. The summed E-state index contributed by atoms with van der Waals surface area (Å²) in [7, 11) is 0. The predicted molar refractivity (Wildman–Crippen MR) is 75.8 cm³/mol. The Morgan fingerprint density at radius 2 is 2.29 bits per heavy atom. The molecule has 9 heteroatoms. The molecule has 0 bridgehead atoms. The highest BCUT2D eigenvalue weighted by molar-refractivity contribution is 8.01. The Morgan fingerprint density at radius 1 is 1.57 bits per heavy atom. The molecule has 1 fully saturated rings. The number of rotatable bonds is 4. The molecule has 1 aliphatic heterocycles. The lowest BCUT2D eigenvalue weighted by Gasteiger charge is -2.12. The first-order chi connectivity index (χ1) is 9.92. The van der Waals surface area contributed by atoms with Gasteiger partial charge in [0, 0.05) is 12.3 Å². The van der Waals surface area contributed by atoms with Crippen LogP contribution >= 0.6 is 23.4 Å². The summed E-state index contributed by atoms with van der Waals surface area (Å²) in [5.41, 5.74) is -2.29. The van der Waals surface area contributed by atoms with E-state index < -0.39 is 40.1 Å². The Labute approximate surface area is 127 Å². The van der Waals surface area contributed by atoms with Gasteiger partial charge in [-0.05, 0) is 6.42 Å². The van der Waals surface area contributed by atoms with Crippen molar-refractivity contribution < 1.29 is 18.0 Å². The van der Waals surface area contributed by atoms with Crippen molar-refractivity contribution in [3.8, 4) is 0 Å². The SMILES string of the molecule is O=C(Nc1cc(F)c(=O)n(CCF)c1)C1CC(Cl)C(F)S1. The summed E-state index contributed by atoms with van der Waals surface area (Å²) >= 11 is 6.48. The summed E-state index contributed by atoms with van der Waals surface area (Å²) < 4.78 is 39.8. The molecule has 1 saturated heterocycles. The van der Waals surface area contributed by atoms with Crippen molar-refractivity contribution in [3.63, 3.8) is 0 Å². The summed E-state index contributed by atoms with van der Waals surface area (Å²) in [5, 5.41) is 0.949. The van der Waals surface area contributed by atoms with Crippen LogP contribution < -0.4 is 10.9 Å². The van der Waals surface area contributed by atoms with Crippen LogP contribution in [0, 0.1) is 5.82 Å². The molecule has 4 nitrogen and oxygen atoms in total. The molecule has 1 N–H and O–H groups in total. The highest BCUT2D eigenvalue weighted by atomic mass is 35.5. The van der Waals surface area contributed by atoms with Crippen LogP contribution in [0.4, 0.5) is 18.9 Å². The highest BCUT2D eigenvalue weighted by Crippen LogP contribution is 2.38. The molecule has 1 aromatic rings. The molecular weight excluding hydrogens is 329 g/mol. The topological polar surface area (TPSA) is 51.1 Å². The maximum atomic E-state index is 13.4. The van der Waals surface area contributed by atoms with Gasteiger partial charge in [0.15, 0.2) is 11.3 Å². The molecule has 0 aromatic carbocycles. The highest BCUT2D eigenvalue weighted by Gasteiger charge is 2.37. The number of thioether (sulfide) groups is 1.